The summed E-state index contributed by atoms with van der Waals surface area (Å²) < 4.78 is 14.5. The lowest BCUT2D eigenvalue weighted by molar-refractivity contribution is 0.629. The Hall–Kier alpha value is -1.13. The summed E-state index contributed by atoms with van der Waals surface area (Å²) in [5.41, 5.74) is 2.05. The molecule has 0 aliphatic heterocycles. The molecule has 8 heteroatoms. The minimum atomic E-state index is -0.212. The van der Waals surface area contributed by atoms with Crippen LogP contribution in [-0.2, 0) is 13.0 Å². The van der Waals surface area contributed by atoms with Crippen LogP contribution in [0.2, 0.25) is 0 Å². The van der Waals surface area contributed by atoms with Gasteiger partial charge in [0.2, 0.25) is 0 Å². The number of aromatic amines is 1. The minimum absolute atomic E-state index is 0. The number of nitrogens with one attached hydrogen (secondary N) is 3. The third-order valence-corrected chi connectivity index (χ3v) is 5.39. The third-order valence-electron chi connectivity index (χ3n) is 3.69. The summed E-state index contributed by atoms with van der Waals surface area (Å²) in [6, 6.07) is 6.89. The molecule has 0 fully saturated rings. The molecular weight excluding hydrogens is 518 g/mol. The summed E-state index contributed by atoms with van der Waals surface area (Å²) in [4.78, 5) is 8.63. The van der Waals surface area contributed by atoms with E-state index in [4.69, 9.17) is 0 Å². The molecule has 0 unspecified atom stereocenters. The summed E-state index contributed by atoms with van der Waals surface area (Å²) in [5, 5.41) is 9.57. The number of aliphatic imine (C=N–C) groups is 1. The van der Waals surface area contributed by atoms with Gasteiger partial charge in [-0.25, -0.2) is 4.39 Å². The summed E-state index contributed by atoms with van der Waals surface area (Å²) in [7, 11) is 1.75. The van der Waals surface area contributed by atoms with E-state index in [0.717, 1.165) is 46.4 Å². The number of aromatic nitrogens is 1. The van der Waals surface area contributed by atoms with Gasteiger partial charge >= 0.3 is 0 Å². The molecule has 2 aromatic heterocycles. The Morgan fingerprint density at radius 2 is 2.16 bits per heavy atom. The average Bonchev–Trinajstić information content (AvgIpc) is 3.17. The molecule has 0 saturated heterocycles. The van der Waals surface area contributed by atoms with E-state index in [9.17, 15) is 4.39 Å². The van der Waals surface area contributed by atoms with Gasteiger partial charge in [-0.05, 0) is 52.2 Å². The highest BCUT2D eigenvalue weighted by molar-refractivity contribution is 14.0. The summed E-state index contributed by atoms with van der Waals surface area (Å²) >= 11 is 5.15. The molecule has 0 saturated carbocycles. The molecule has 0 aliphatic carbocycles. The molecule has 0 amide bonds. The molecule has 25 heavy (non-hydrogen) atoms. The van der Waals surface area contributed by atoms with Crippen LogP contribution in [0.1, 0.15) is 10.4 Å². The van der Waals surface area contributed by atoms with Crippen molar-refractivity contribution in [1.29, 1.82) is 0 Å². The van der Waals surface area contributed by atoms with Crippen LogP contribution in [0.5, 0.6) is 0 Å². The molecule has 3 rings (SSSR count). The van der Waals surface area contributed by atoms with Gasteiger partial charge in [0.25, 0.3) is 0 Å². The summed E-state index contributed by atoms with van der Waals surface area (Å²) in [6.45, 7) is 1.45. The predicted molar refractivity (Wildman–Crippen MR) is 118 cm³/mol. The third kappa shape index (κ3) is 5.42. The Balaban J connectivity index is 0.00000225. The van der Waals surface area contributed by atoms with Gasteiger partial charge in [0, 0.05) is 45.4 Å². The summed E-state index contributed by atoms with van der Waals surface area (Å²) in [6.07, 6.45) is 2.72. The number of hydrogen-bond acceptors (Lipinski definition) is 2. The number of halogens is 3. The highest BCUT2D eigenvalue weighted by Gasteiger charge is 2.06. The van der Waals surface area contributed by atoms with Gasteiger partial charge in [0.15, 0.2) is 5.96 Å². The molecule has 1 aromatic carbocycles. The van der Waals surface area contributed by atoms with E-state index in [1.807, 2.05) is 6.20 Å². The van der Waals surface area contributed by atoms with Crippen LogP contribution in [0.15, 0.2) is 45.3 Å². The molecule has 2 heterocycles. The SMILES string of the molecule is CN=C(NCCc1c[nH]c2ccc(F)cc12)NCc1cc(Br)cs1.I. The van der Waals surface area contributed by atoms with Gasteiger partial charge < -0.3 is 15.6 Å². The van der Waals surface area contributed by atoms with E-state index >= 15 is 0 Å². The van der Waals surface area contributed by atoms with Crippen LogP contribution in [0.4, 0.5) is 4.39 Å². The molecule has 0 atom stereocenters. The topological polar surface area (TPSA) is 52.2 Å². The van der Waals surface area contributed by atoms with Gasteiger partial charge in [-0.2, -0.15) is 0 Å². The molecular formula is C17H19BrFIN4S. The van der Waals surface area contributed by atoms with Crippen molar-refractivity contribution >= 4 is 68.1 Å². The first-order chi connectivity index (χ1) is 11.7. The fraction of sp³-hybridized carbons (Fsp3) is 0.235. The van der Waals surface area contributed by atoms with E-state index in [2.05, 4.69) is 48.0 Å². The van der Waals surface area contributed by atoms with Crippen molar-refractivity contribution < 1.29 is 4.39 Å². The smallest absolute Gasteiger partial charge is 0.191 e. The highest BCUT2D eigenvalue weighted by Crippen LogP contribution is 2.20. The second-order valence-corrected chi connectivity index (χ2v) is 7.25. The zero-order chi connectivity index (χ0) is 16.9. The first-order valence-corrected chi connectivity index (χ1v) is 9.26. The Labute approximate surface area is 175 Å². The quantitative estimate of drug-likeness (QED) is 0.252. The van der Waals surface area contributed by atoms with E-state index in [-0.39, 0.29) is 29.8 Å². The number of nitrogens with zero attached hydrogens (tertiary/aromatic N) is 1. The summed E-state index contributed by atoms with van der Waals surface area (Å²) in [5.74, 6) is 0.543. The van der Waals surface area contributed by atoms with Gasteiger partial charge in [-0.3, -0.25) is 4.99 Å². The van der Waals surface area contributed by atoms with Gasteiger partial charge in [0.1, 0.15) is 5.82 Å². The first-order valence-electron chi connectivity index (χ1n) is 7.58. The van der Waals surface area contributed by atoms with Gasteiger partial charge in [-0.1, -0.05) is 0 Å². The maximum Gasteiger partial charge on any atom is 0.191 e. The Bertz CT molecular complexity index is 861. The van der Waals surface area contributed by atoms with Crippen LogP contribution in [-0.4, -0.2) is 24.5 Å². The van der Waals surface area contributed by atoms with Crippen molar-refractivity contribution in [3.05, 3.63) is 56.6 Å². The predicted octanol–water partition coefficient (Wildman–Crippen LogP) is 4.66. The van der Waals surface area contributed by atoms with Crippen molar-refractivity contribution in [2.45, 2.75) is 13.0 Å². The minimum Gasteiger partial charge on any atom is -0.361 e. The molecule has 4 nitrogen and oxygen atoms in total. The standard InChI is InChI=1S/C17H18BrFN4S.HI/c1-20-17(23-9-14-6-12(18)10-24-14)21-5-4-11-8-22-16-3-2-13(19)7-15(11)16;/h2-3,6-8,10,22H,4-5,9H2,1H3,(H2,20,21,23);1H. The molecule has 0 spiro atoms. The van der Waals surface area contributed by atoms with E-state index in [1.165, 1.54) is 10.9 Å². The van der Waals surface area contributed by atoms with E-state index in [1.54, 1.807) is 30.5 Å². The van der Waals surface area contributed by atoms with Gasteiger partial charge in [-0.15, -0.1) is 35.3 Å². The van der Waals surface area contributed by atoms with Crippen molar-refractivity contribution in [1.82, 2.24) is 15.6 Å². The van der Waals surface area contributed by atoms with Crippen molar-refractivity contribution in [3.8, 4) is 0 Å². The van der Waals surface area contributed by atoms with Crippen LogP contribution >= 0.6 is 51.2 Å². The number of fused-ring (bicyclic) bond motifs is 1. The number of rotatable bonds is 5. The molecule has 3 N–H and O–H groups in total. The number of guanidine groups is 1. The number of thiophene rings is 1. The van der Waals surface area contributed by atoms with Crippen molar-refractivity contribution in [2.24, 2.45) is 4.99 Å². The largest absolute Gasteiger partial charge is 0.361 e. The highest BCUT2D eigenvalue weighted by atomic mass is 127. The molecule has 0 radical (unpaired) electrons. The lowest BCUT2D eigenvalue weighted by Gasteiger charge is -2.11. The lowest BCUT2D eigenvalue weighted by Crippen LogP contribution is -2.37. The number of benzene rings is 1. The first kappa shape index (κ1) is 20.2. The van der Waals surface area contributed by atoms with Crippen LogP contribution < -0.4 is 10.6 Å². The maximum absolute atomic E-state index is 13.4. The Morgan fingerprint density at radius 3 is 2.88 bits per heavy atom. The number of H-pyrrole nitrogens is 1. The second kappa shape index (κ2) is 9.54. The molecule has 3 aromatic rings. The molecule has 134 valence electrons. The lowest BCUT2D eigenvalue weighted by atomic mass is 10.1. The van der Waals surface area contributed by atoms with E-state index < -0.39 is 0 Å². The fourth-order valence-electron chi connectivity index (χ4n) is 2.51. The molecule has 0 bridgehead atoms. The van der Waals surface area contributed by atoms with E-state index in [0.29, 0.717) is 0 Å². The van der Waals surface area contributed by atoms with Crippen molar-refractivity contribution in [2.75, 3.05) is 13.6 Å². The normalized spacial score (nSPS) is 11.4. The maximum atomic E-state index is 13.4. The molecule has 0 aliphatic rings. The fourth-order valence-corrected chi connectivity index (χ4v) is 3.90. The van der Waals surface area contributed by atoms with Crippen molar-refractivity contribution in [3.63, 3.8) is 0 Å². The second-order valence-electron chi connectivity index (χ2n) is 5.34. The van der Waals surface area contributed by atoms with Gasteiger partial charge in [0.05, 0.1) is 6.54 Å². The van der Waals surface area contributed by atoms with Crippen LogP contribution in [0.25, 0.3) is 10.9 Å². The zero-order valence-electron chi connectivity index (χ0n) is 13.6. The monoisotopic (exact) mass is 536 g/mol. The Kier molecular flexibility index (Phi) is 7.70. The van der Waals surface area contributed by atoms with Crippen LogP contribution in [0.3, 0.4) is 0 Å². The number of hydrogen-bond donors (Lipinski definition) is 3. The zero-order valence-corrected chi connectivity index (χ0v) is 18.3. The Morgan fingerprint density at radius 1 is 1.32 bits per heavy atom. The van der Waals surface area contributed by atoms with Crippen LogP contribution in [0, 0.1) is 5.82 Å². The average molecular weight is 537 g/mol.